The molecule has 0 aromatic carbocycles. The number of carbonyl (C=O) groups excluding carboxylic acids is 1. The van der Waals surface area contributed by atoms with Crippen LogP contribution in [0.1, 0.15) is 20.3 Å². The minimum Gasteiger partial charge on any atom is -0.334 e. The number of nitrogens with zero attached hydrogens (tertiary/aromatic N) is 2. The molecule has 0 bridgehead atoms. The van der Waals surface area contributed by atoms with Gasteiger partial charge in [0.05, 0.1) is 5.39 Å². The molecule has 0 radical (unpaired) electrons. The van der Waals surface area contributed by atoms with Gasteiger partial charge >= 0.3 is 6.03 Å². The Morgan fingerprint density at radius 1 is 1.65 bits per heavy atom. The zero-order valence-corrected chi connectivity index (χ0v) is 10.5. The average Bonchev–Trinajstić information content (AvgIpc) is 2.67. The van der Waals surface area contributed by atoms with Crippen molar-refractivity contribution in [3.8, 4) is 0 Å². The normalized spacial score (nSPS) is 12.6. The number of rotatable bonds is 2. The van der Waals surface area contributed by atoms with Crippen LogP contribution in [0.4, 0.5) is 4.79 Å². The van der Waals surface area contributed by atoms with Gasteiger partial charge < -0.3 is 5.32 Å². The monoisotopic (exact) mass is 251 g/mol. The maximum Gasteiger partial charge on any atom is 0.338 e. The zero-order chi connectivity index (χ0) is 12.4. The second-order valence-corrected chi connectivity index (χ2v) is 4.74. The molecule has 1 atom stereocenters. The van der Waals surface area contributed by atoms with Gasteiger partial charge in [0, 0.05) is 12.2 Å². The summed E-state index contributed by atoms with van der Waals surface area (Å²) < 4.78 is 1.11. The molecule has 5 nitrogen and oxygen atoms in total. The highest BCUT2D eigenvalue weighted by atomic mass is 32.1. The lowest BCUT2D eigenvalue weighted by atomic mass is 10.3. The second kappa shape index (κ2) is 4.67. The molecule has 1 unspecified atom stereocenters. The highest BCUT2D eigenvalue weighted by Gasteiger charge is 2.15. The fraction of sp³-hybridized carbons (Fsp3) is 0.364. The van der Waals surface area contributed by atoms with Crippen LogP contribution < -0.4 is 10.9 Å². The van der Waals surface area contributed by atoms with Crippen molar-refractivity contribution in [2.45, 2.75) is 26.3 Å². The van der Waals surface area contributed by atoms with Crippen LogP contribution >= 0.6 is 11.5 Å². The molecule has 0 aliphatic rings. The smallest absolute Gasteiger partial charge is 0.334 e. The summed E-state index contributed by atoms with van der Waals surface area (Å²) in [7, 11) is 0. The summed E-state index contributed by atoms with van der Waals surface area (Å²) in [5.74, 6) is 0. The van der Waals surface area contributed by atoms with E-state index in [0.717, 1.165) is 21.9 Å². The van der Waals surface area contributed by atoms with E-state index in [1.807, 2.05) is 13.8 Å². The average molecular weight is 251 g/mol. The van der Waals surface area contributed by atoms with Crippen molar-refractivity contribution >= 4 is 27.8 Å². The van der Waals surface area contributed by atoms with E-state index in [-0.39, 0.29) is 17.6 Å². The summed E-state index contributed by atoms with van der Waals surface area (Å²) in [5, 5.41) is 3.24. The van der Waals surface area contributed by atoms with Crippen LogP contribution in [0.3, 0.4) is 0 Å². The molecule has 2 aromatic heterocycles. The molecule has 2 aromatic rings. The van der Waals surface area contributed by atoms with Crippen LogP contribution in [0.5, 0.6) is 0 Å². The first kappa shape index (κ1) is 11.8. The van der Waals surface area contributed by atoms with E-state index < -0.39 is 0 Å². The van der Waals surface area contributed by atoms with Crippen molar-refractivity contribution < 1.29 is 4.79 Å². The first-order valence-electron chi connectivity index (χ1n) is 5.41. The number of fused-ring (bicyclic) bond motifs is 1. The van der Waals surface area contributed by atoms with Crippen molar-refractivity contribution in [1.82, 2.24) is 14.3 Å². The Morgan fingerprint density at radius 3 is 3.06 bits per heavy atom. The number of pyridine rings is 1. The predicted molar refractivity (Wildman–Crippen MR) is 67.6 cm³/mol. The fourth-order valence-corrected chi connectivity index (χ4v) is 2.22. The first-order valence-corrected chi connectivity index (χ1v) is 6.18. The minimum atomic E-state index is -0.382. The van der Waals surface area contributed by atoms with E-state index in [0.29, 0.717) is 10.2 Å². The number of hydrogen-bond donors (Lipinski definition) is 1. The third kappa shape index (κ3) is 2.21. The van der Waals surface area contributed by atoms with Crippen LogP contribution in [0.25, 0.3) is 10.2 Å². The zero-order valence-electron chi connectivity index (χ0n) is 9.64. The number of hydrogen-bond acceptors (Lipinski definition) is 4. The molecule has 6 heteroatoms. The standard InChI is InChI=1S/C11H13N3O2S/c1-3-7(2)13-11(16)14-10(15)8-5-4-6-12-9(8)17-14/h4-7H,3H2,1-2H3,(H,13,16). The van der Waals surface area contributed by atoms with Gasteiger partial charge in [-0.1, -0.05) is 6.92 Å². The van der Waals surface area contributed by atoms with Crippen molar-refractivity contribution in [2.75, 3.05) is 0 Å². The topological polar surface area (TPSA) is 64.0 Å². The van der Waals surface area contributed by atoms with Crippen molar-refractivity contribution in [1.29, 1.82) is 0 Å². The summed E-state index contributed by atoms with van der Waals surface area (Å²) in [4.78, 5) is 28.4. The SMILES string of the molecule is CCC(C)NC(=O)n1sc2ncccc2c1=O. The van der Waals surface area contributed by atoms with Gasteiger partial charge in [-0.25, -0.2) is 9.78 Å². The number of aromatic nitrogens is 2. The maximum absolute atomic E-state index is 11.9. The van der Waals surface area contributed by atoms with Gasteiger partial charge in [0.25, 0.3) is 5.56 Å². The van der Waals surface area contributed by atoms with Gasteiger partial charge in [0.15, 0.2) is 0 Å². The van der Waals surface area contributed by atoms with Crippen molar-refractivity contribution in [3.05, 3.63) is 28.7 Å². The Hall–Kier alpha value is -1.69. The molecule has 0 aliphatic carbocycles. The molecule has 1 amide bonds. The van der Waals surface area contributed by atoms with E-state index in [2.05, 4.69) is 10.3 Å². The first-order chi connectivity index (χ1) is 8.13. The summed E-state index contributed by atoms with van der Waals surface area (Å²) >= 11 is 1.07. The van der Waals surface area contributed by atoms with E-state index >= 15 is 0 Å². The Balaban J connectivity index is 2.39. The highest BCUT2D eigenvalue weighted by molar-refractivity contribution is 7.14. The van der Waals surface area contributed by atoms with Crippen LogP contribution in [0.2, 0.25) is 0 Å². The molecule has 0 spiro atoms. The van der Waals surface area contributed by atoms with Gasteiger partial charge in [0.1, 0.15) is 4.83 Å². The van der Waals surface area contributed by atoms with Gasteiger partial charge in [0.2, 0.25) is 0 Å². The van der Waals surface area contributed by atoms with Gasteiger partial charge in [-0.15, -0.1) is 0 Å². The summed E-state index contributed by atoms with van der Waals surface area (Å²) in [5.41, 5.74) is -0.307. The van der Waals surface area contributed by atoms with E-state index in [4.69, 9.17) is 0 Å². The predicted octanol–water partition coefficient (Wildman–Crippen LogP) is 1.81. The summed E-state index contributed by atoms with van der Waals surface area (Å²) in [6, 6.07) is 3.03. The number of carbonyl (C=O) groups is 1. The van der Waals surface area contributed by atoms with Gasteiger partial charge in [-0.05, 0) is 37.0 Å². The Kier molecular flexibility index (Phi) is 3.23. The highest BCUT2D eigenvalue weighted by Crippen LogP contribution is 2.12. The van der Waals surface area contributed by atoms with Crippen LogP contribution in [0.15, 0.2) is 23.1 Å². The molecule has 2 rings (SSSR count). The van der Waals surface area contributed by atoms with E-state index in [1.54, 1.807) is 18.3 Å². The molecular weight excluding hydrogens is 238 g/mol. The van der Waals surface area contributed by atoms with Crippen LogP contribution in [0, 0.1) is 0 Å². The quantitative estimate of drug-likeness (QED) is 0.885. The van der Waals surface area contributed by atoms with Gasteiger partial charge in [-0.2, -0.15) is 3.96 Å². The van der Waals surface area contributed by atoms with E-state index in [1.165, 1.54) is 0 Å². The molecule has 1 N–H and O–H groups in total. The third-order valence-electron chi connectivity index (χ3n) is 2.53. The Morgan fingerprint density at radius 2 is 2.41 bits per heavy atom. The molecule has 0 saturated carbocycles. The minimum absolute atomic E-state index is 0.0487. The maximum atomic E-state index is 11.9. The third-order valence-corrected chi connectivity index (χ3v) is 3.54. The molecule has 0 fully saturated rings. The van der Waals surface area contributed by atoms with Crippen LogP contribution in [-0.4, -0.2) is 21.0 Å². The number of amides is 1. The van der Waals surface area contributed by atoms with Crippen LogP contribution in [-0.2, 0) is 0 Å². The molecular formula is C11H13N3O2S. The largest absolute Gasteiger partial charge is 0.338 e. The second-order valence-electron chi connectivity index (χ2n) is 3.81. The van der Waals surface area contributed by atoms with Gasteiger partial charge in [-0.3, -0.25) is 4.79 Å². The summed E-state index contributed by atoms with van der Waals surface area (Å²) in [6.45, 7) is 3.87. The Labute approximate surface area is 102 Å². The lowest BCUT2D eigenvalue weighted by Crippen LogP contribution is -2.38. The molecule has 0 saturated heterocycles. The Bertz CT molecular complexity index is 602. The van der Waals surface area contributed by atoms with Crippen molar-refractivity contribution in [2.24, 2.45) is 0 Å². The fourth-order valence-electron chi connectivity index (χ4n) is 1.37. The molecule has 17 heavy (non-hydrogen) atoms. The number of nitrogens with one attached hydrogen (secondary N) is 1. The molecule has 0 aliphatic heterocycles. The van der Waals surface area contributed by atoms with Crippen molar-refractivity contribution in [3.63, 3.8) is 0 Å². The molecule has 90 valence electrons. The van der Waals surface area contributed by atoms with E-state index in [9.17, 15) is 9.59 Å². The lowest BCUT2D eigenvalue weighted by molar-refractivity contribution is 0.240. The summed E-state index contributed by atoms with van der Waals surface area (Å²) in [6.07, 6.45) is 2.43. The molecule has 2 heterocycles. The lowest BCUT2D eigenvalue weighted by Gasteiger charge is -2.09.